The molecule has 0 aromatic rings. The Balaban J connectivity index is 2.62. The smallest absolute Gasteiger partial charge is 0.336 e. The van der Waals surface area contributed by atoms with E-state index in [1.807, 2.05) is 22.6 Å². The molecule has 0 saturated heterocycles. The highest BCUT2D eigenvalue weighted by Gasteiger charge is 2.19. The van der Waals surface area contributed by atoms with E-state index in [4.69, 9.17) is 0 Å². The van der Waals surface area contributed by atoms with Gasteiger partial charge in [0.05, 0.1) is 7.11 Å². The Hall–Kier alpha value is -0.460. The van der Waals surface area contributed by atoms with Gasteiger partial charge in [-0.1, -0.05) is 0 Å². The van der Waals surface area contributed by atoms with Gasteiger partial charge < -0.3 is 4.74 Å². The van der Waals surface area contributed by atoms with Gasteiger partial charge in [-0.15, -0.1) is 5.11 Å². The topological polar surface area (TPSA) is 51.0 Å². The third-order valence-corrected chi connectivity index (χ3v) is 1.59. The van der Waals surface area contributed by atoms with Crippen molar-refractivity contribution in [2.45, 2.75) is 6.04 Å². The van der Waals surface area contributed by atoms with Gasteiger partial charge in [-0.2, -0.15) is 5.11 Å². The van der Waals surface area contributed by atoms with Crippen LogP contribution in [-0.2, 0) is 9.53 Å². The first kappa shape index (κ1) is 7.64. The van der Waals surface area contributed by atoms with Crippen LogP contribution in [0.5, 0.6) is 0 Å². The molecule has 1 aliphatic rings. The highest BCUT2D eigenvalue weighted by Crippen LogP contribution is 2.18. The van der Waals surface area contributed by atoms with E-state index in [2.05, 4.69) is 15.0 Å². The average molecular weight is 252 g/mol. The quantitative estimate of drug-likeness (QED) is 0.401. The van der Waals surface area contributed by atoms with Crippen molar-refractivity contribution in [3.05, 3.63) is 9.78 Å². The van der Waals surface area contributed by atoms with E-state index in [1.54, 1.807) is 6.08 Å². The van der Waals surface area contributed by atoms with Crippen LogP contribution in [-0.4, -0.2) is 19.1 Å². The fraction of sp³-hybridized carbons (Fsp3) is 0.400. The summed E-state index contributed by atoms with van der Waals surface area (Å²) in [5.74, 6) is -0.365. The number of rotatable bonds is 1. The molecule has 1 heterocycles. The number of hydrogen-bond donors (Lipinski definition) is 0. The fourth-order valence-electron chi connectivity index (χ4n) is 0.550. The number of carbonyl (C=O) groups excluding carboxylic acids is 1. The predicted octanol–water partition coefficient (Wildman–Crippen LogP) is 1.27. The molecular formula is C5H5IN2O2. The summed E-state index contributed by atoms with van der Waals surface area (Å²) in [6, 6.07) is -0.517. The summed E-state index contributed by atoms with van der Waals surface area (Å²) in [7, 11) is 1.33. The van der Waals surface area contributed by atoms with E-state index in [0.29, 0.717) is 0 Å². The summed E-state index contributed by atoms with van der Waals surface area (Å²) >= 11 is 1.99. The molecule has 0 aromatic heterocycles. The maximum atomic E-state index is 10.7. The third kappa shape index (κ3) is 1.53. The molecule has 0 fully saturated rings. The molecule has 0 saturated carbocycles. The second kappa shape index (κ2) is 3.09. The fourth-order valence-corrected chi connectivity index (χ4v) is 1.02. The molecule has 0 N–H and O–H groups in total. The number of ether oxygens (including phenoxy) is 1. The first-order chi connectivity index (χ1) is 4.74. The maximum Gasteiger partial charge on any atom is 0.336 e. The Morgan fingerprint density at radius 1 is 1.90 bits per heavy atom. The Morgan fingerprint density at radius 3 is 3.00 bits per heavy atom. The van der Waals surface area contributed by atoms with Crippen molar-refractivity contribution in [1.29, 1.82) is 0 Å². The van der Waals surface area contributed by atoms with Crippen LogP contribution < -0.4 is 0 Å². The van der Waals surface area contributed by atoms with Crippen LogP contribution in [0.3, 0.4) is 0 Å². The van der Waals surface area contributed by atoms with Crippen molar-refractivity contribution in [1.82, 2.24) is 0 Å². The minimum absolute atomic E-state index is 0.365. The minimum Gasteiger partial charge on any atom is -0.467 e. The second-order valence-electron chi connectivity index (χ2n) is 1.67. The highest BCUT2D eigenvalue weighted by molar-refractivity contribution is 14.1. The Kier molecular flexibility index (Phi) is 2.36. The largest absolute Gasteiger partial charge is 0.467 e. The molecule has 0 spiro atoms. The molecule has 54 valence electrons. The molecule has 10 heavy (non-hydrogen) atoms. The van der Waals surface area contributed by atoms with Gasteiger partial charge in [0.1, 0.15) is 3.70 Å². The van der Waals surface area contributed by atoms with Crippen LogP contribution >= 0.6 is 22.6 Å². The lowest BCUT2D eigenvalue weighted by Crippen LogP contribution is -2.15. The van der Waals surface area contributed by atoms with Gasteiger partial charge in [-0.3, -0.25) is 0 Å². The van der Waals surface area contributed by atoms with E-state index < -0.39 is 6.04 Å². The van der Waals surface area contributed by atoms with Crippen molar-refractivity contribution in [2.24, 2.45) is 10.2 Å². The molecule has 0 bridgehead atoms. The predicted molar refractivity (Wildman–Crippen MR) is 42.8 cm³/mol. The summed E-state index contributed by atoms with van der Waals surface area (Å²) in [6.45, 7) is 0. The molecule has 1 atom stereocenters. The van der Waals surface area contributed by atoms with Crippen LogP contribution in [0.2, 0.25) is 0 Å². The number of hydrogen-bond acceptors (Lipinski definition) is 4. The number of azo groups is 1. The van der Waals surface area contributed by atoms with Crippen molar-refractivity contribution in [2.75, 3.05) is 7.11 Å². The second-order valence-corrected chi connectivity index (χ2v) is 2.78. The molecule has 0 aliphatic carbocycles. The summed E-state index contributed by atoms with van der Waals surface area (Å²) in [6.07, 6.45) is 1.65. The number of nitrogens with zero attached hydrogens (tertiary/aromatic N) is 2. The first-order valence-electron chi connectivity index (χ1n) is 2.60. The molecule has 0 amide bonds. The van der Waals surface area contributed by atoms with E-state index in [0.717, 1.165) is 3.70 Å². The van der Waals surface area contributed by atoms with Crippen LogP contribution in [0.25, 0.3) is 0 Å². The number of halogens is 1. The number of carbonyl (C=O) groups is 1. The van der Waals surface area contributed by atoms with E-state index >= 15 is 0 Å². The van der Waals surface area contributed by atoms with E-state index in [9.17, 15) is 4.79 Å². The first-order valence-corrected chi connectivity index (χ1v) is 3.68. The van der Waals surface area contributed by atoms with Gasteiger partial charge in [-0.05, 0) is 28.7 Å². The van der Waals surface area contributed by atoms with Gasteiger partial charge >= 0.3 is 5.97 Å². The molecule has 0 aromatic carbocycles. The van der Waals surface area contributed by atoms with Crippen molar-refractivity contribution in [3.63, 3.8) is 0 Å². The Labute approximate surface area is 71.5 Å². The standard InChI is InChI=1S/C5H5IN2O2/c1-10-5(9)3-2-4(6)8-7-3/h2-3H,1H3/t3-/m1/s1. The van der Waals surface area contributed by atoms with Gasteiger partial charge in [0.2, 0.25) is 0 Å². The SMILES string of the molecule is COC(=O)[C@H]1C=C(I)N=N1. The molecule has 0 radical (unpaired) electrons. The Bertz CT molecular complexity index is 212. The van der Waals surface area contributed by atoms with Gasteiger partial charge in [0.15, 0.2) is 6.04 Å². The molecule has 1 aliphatic heterocycles. The van der Waals surface area contributed by atoms with Crippen LogP contribution in [0.1, 0.15) is 0 Å². The summed E-state index contributed by atoms with van der Waals surface area (Å²) in [5.41, 5.74) is 0. The van der Waals surface area contributed by atoms with Crippen LogP contribution in [0, 0.1) is 0 Å². The lowest BCUT2D eigenvalue weighted by atomic mass is 10.3. The number of methoxy groups -OCH3 is 1. The lowest BCUT2D eigenvalue weighted by Gasteiger charge is -1.97. The zero-order chi connectivity index (χ0) is 7.56. The molecule has 1 rings (SSSR count). The zero-order valence-electron chi connectivity index (χ0n) is 5.24. The lowest BCUT2D eigenvalue weighted by molar-refractivity contribution is -0.140. The van der Waals surface area contributed by atoms with Gasteiger partial charge in [-0.25, -0.2) is 4.79 Å². The maximum absolute atomic E-state index is 10.7. The summed E-state index contributed by atoms with van der Waals surface area (Å²) < 4.78 is 5.17. The van der Waals surface area contributed by atoms with Crippen LogP contribution in [0.4, 0.5) is 0 Å². The zero-order valence-corrected chi connectivity index (χ0v) is 7.40. The molecule has 5 heteroatoms. The monoisotopic (exact) mass is 252 g/mol. The summed E-state index contributed by atoms with van der Waals surface area (Å²) in [5, 5.41) is 7.30. The number of esters is 1. The van der Waals surface area contributed by atoms with Crippen molar-refractivity contribution >= 4 is 28.6 Å². The molecule has 0 unspecified atom stereocenters. The average Bonchev–Trinajstić information content (AvgIpc) is 2.34. The molecule has 4 nitrogen and oxygen atoms in total. The highest BCUT2D eigenvalue weighted by atomic mass is 127. The van der Waals surface area contributed by atoms with Crippen LogP contribution in [0.15, 0.2) is 20.0 Å². The minimum atomic E-state index is -0.517. The summed E-state index contributed by atoms with van der Waals surface area (Å²) in [4.78, 5) is 10.7. The third-order valence-electron chi connectivity index (χ3n) is 1.02. The normalized spacial score (nSPS) is 22.6. The van der Waals surface area contributed by atoms with E-state index in [1.165, 1.54) is 7.11 Å². The van der Waals surface area contributed by atoms with Crippen molar-refractivity contribution < 1.29 is 9.53 Å². The van der Waals surface area contributed by atoms with Crippen molar-refractivity contribution in [3.8, 4) is 0 Å². The van der Waals surface area contributed by atoms with Gasteiger partial charge in [0.25, 0.3) is 0 Å². The molecular weight excluding hydrogens is 247 g/mol. The Morgan fingerprint density at radius 2 is 2.60 bits per heavy atom. The van der Waals surface area contributed by atoms with Gasteiger partial charge in [0, 0.05) is 0 Å². The van der Waals surface area contributed by atoms with E-state index in [-0.39, 0.29) is 5.97 Å².